The predicted octanol–water partition coefficient (Wildman–Crippen LogP) is 2.08. The van der Waals surface area contributed by atoms with Crippen molar-refractivity contribution in [1.29, 1.82) is 0 Å². The Morgan fingerprint density at radius 1 is 1.50 bits per heavy atom. The highest BCUT2D eigenvalue weighted by atomic mass is 16.7. The fraction of sp³-hybridized carbons (Fsp3) is 0.846. The van der Waals surface area contributed by atoms with Crippen LogP contribution >= 0.6 is 0 Å². The maximum atomic E-state index is 9.46. The number of aliphatic hydroxyl groups excluding tert-OH is 1. The van der Waals surface area contributed by atoms with E-state index < -0.39 is 6.10 Å². The molecule has 0 aromatic carbocycles. The van der Waals surface area contributed by atoms with Crippen LogP contribution in [-0.2, 0) is 9.47 Å². The van der Waals surface area contributed by atoms with Crippen LogP contribution in [0.4, 0.5) is 0 Å². The standard InChI is InChI=1S/C13H22O3/c1-2-3-7-12(14)8-6-11-16-13-9-4-5-10-15-13/h12-14H,2-5,7,9-11H2,1H3/t12-,13?/m0/s1. The quantitative estimate of drug-likeness (QED) is 0.729. The summed E-state index contributed by atoms with van der Waals surface area (Å²) in [6, 6.07) is 0. The number of aliphatic hydroxyl groups is 1. The van der Waals surface area contributed by atoms with Gasteiger partial charge in [-0.1, -0.05) is 31.6 Å². The predicted molar refractivity (Wildman–Crippen MR) is 62.9 cm³/mol. The minimum atomic E-state index is -0.504. The second kappa shape index (κ2) is 8.58. The smallest absolute Gasteiger partial charge is 0.158 e. The third-order valence-corrected chi connectivity index (χ3v) is 2.58. The van der Waals surface area contributed by atoms with Gasteiger partial charge in [0.25, 0.3) is 0 Å². The Kier molecular flexibility index (Phi) is 7.24. The Morgan fingerprint density at radius 2 is 2.38 bits per heavy atom. The molecule has 16 heavy (non-hydrogen) atoms. The van der Waals surface area contributed by atoms with Gasteiger partial charge in [0.1, 0.15) is 12.7 Å². The van der Waals surface area contributed by atoms with Crippen molar-refractivity contribution >= 4 is 0 Å². The minimum Gasteiger partial charge on any atom is -0.380 e. The first-order chi connectivity index (χ1) is 7.83. The van der Waals surface area contributed by atoms with Crippen LogP contribution in [0.1, 0.15) is 45.4 Å². The molecule has 0 spiro atoms. The lowest BCUT2D eigenvalue weighted by atomic mass is 10.2. The normalized spacial score (nSPS) is 22.2. The molecule has 1 aliphatic rings. The lowest BCUT2D eigenvalue weighted by Gasteiger charge is -2.21. The molecule has 0 bridgehead atoms. The van der Waals surface area contributed by atoms with Crippen LogP contribution in [0, 0.1) is 11.8 Å². The molecule has 3 heteroatoms. The Labute approximate surface area is 98.1 Å². The van der Waals surface area contributed by atoms with Crippen molar-refractivity contribution < 1.29 is 14.6 Å². The van der Waals surface area contributed by atoms with E-state index in [1.165, 1.54) is 0 Å². The SMILES string of the molecule is CCCC[C@H](O)C#CCOC1CCCCO1. The van der Waals surface area contributed by atoms with Crippen molar-refractivity contribution in [2.45, 2.75) is 57.8 Å². The van der Waals surface area contributed by atoms with Crippen LogP contribution in [0.3, 0.4) is 0 Å². The van der Waals surface area contributed by atoms with Gasteiger partial charge in [-0.2, -0.15) is 0 Å². The topological polar surface area (TPSA) is 38.7 Å². The molecule has 0 aliphatic carbocycles. The van der Waals surface area contributed by atoms with Gasteiger partial charge < -0.3 is 14.6 Å². The van der Waals surface area contributed by atoms with Crippen molar-refractivity contribution in [1.82, 2.24) is 0 Å². The van der Waals surface area contributed by atoms with Crippen molar-refractivity contribution in [3.63, 3.8) is 0 Å². The summed E-state index contributed by atoms with van der Waals surface area (Å²) < 4.78 is 10.8. The number of ether oxygens (including phenoxy) is 2. The third-order valence-electron chi connectivity index (χ3n) is 2.58. The first-order valence-corrected chi connectivity index (χ1v) is 6.22. The van der Waals surface area contributed by atoms with Gasteiger partial charge in [-0.15, -0.1) is 0 Å². The van der Waals surface area contributed by atoms with Gasteiger partial charge in [-0.05, 0) is 25.7 Å². The number of hydrogen-bond donors (Lipinski definition) is 1. The molecule has 0 amide bonds. The number of rotatable bonds is 5. The summed E-state index contributed by atoms with van der Waals surface area (Å²) in [5.41, 5.74) is 0. The fourth-order valence-corrected chi connectivity index (χ4v) is 1.61. The van der Waals surface area contributed by atoms with Crippen molar-refractivity contribution in [2.75, 3.05) is 13.2 Å². The molecule has 0 aromatic rings. The molecule has 0 radical (unpaired) electrons. The summed E-state index contributed by atoms with van der Waals surface area (Å²) in [4.78, 5) is 0. The average Bonchev–Trinajstić information content (AvgIpc) is 2.33. The molecule has 0 saturated carbocycles. The molecule has 1 aliphatic heterocycles. The second-order valence-electron chi connectivity index (χ2n) is 4.09. The van der Waals surface area contributed by atoms with Crippen LogP contribution in [-0.4, -0.2) is 30.7 Å². The molecule has 1 N–H and O–H groups in total. The van der Waals surface area contributed by atoms with Gasteiger partial charge >= 0.3 is 0 Å². The highest BCUT2D eigenvalue weighted by Gasteiger charge is 2.12. The largest absolute Gasteiger partial charge is 0.380 e. The summed E-state index contributed by atoms with van der Waals surface area (Å²) in [5.74, 6) is 5.62. The van der Waals surface area contributed by atoms with Crippen LogP contribution < -0.4 is 0 Å². The van der Waals surface area contributed by atoms with Gasteiger partial charge in [0.05, 0.1) is 0 Å². The van der Waals surface area contributed by atoms with Crippen molar-refractivity contribution in [3.05, 3.63) is 0 Å². The minimum absolute atomic E-state index is 0.0872. The van der Waals surface area contributed by atoms with Crippen LogP contribution in [0.5, 0.6) is 0 Å². The Bertz CT molecular complexity index is 223. The van der Waals surface area contributed by atoms with Crippen LogP contribution in [0.2, 0.25) is 0 Å². The van der Waals surface area contributed by atoms with E-state index in [0.717, 1.165) is 45.1 Å². The van der Waals surface area contributed by atoms with Gasteiger partial charge in [0.15, 0.2) is 6.29 Å². The summed E-state index contributed by atoms with van der Waals surface area (Å²) in [5, 5.41) is 9.46. The maximum Gasteiger partial charge on any atom is 0.158 e. The molecular formula is C13H22O3. The zero-order valence-corrected chi connectivity index (χ0v) is 10.1. The second-order valence-corrected chi connectivity index (χ2v) is 4.09. The van der Waals surface area contributed by atoms with Crippen LogP contribution in [0.15, 0.2) is 0 Å². The zero-order chi connectivity index (χ0) is 11.6. The summed E-state index contributed by atoms with van der Waals surface area (Å²) in [6.45, 7) is 3.24. The molecule has 1 rings (SSSR count). The van der Waals surface area contributed by atoms with Crippen LogP contribution in [0.25, 0.3) is 0 Å². The van der Waals surface area contributed by atoms with E-state index in [2.05, 4.69) is 18.8 Å². The van der Waals surface area contributed by atoms with E-state index in [0.29, 0.717) is 6.61 Å². The van der Waals surface area contributed by atoms with E-state index in [9.17, 15) is 5.11 Å². The molecule has 1 saturated heterocycles. The first-order valence-electron chi connectivity index (χ1n) is 6.22. The lowest BCUT2D eigenvalue weighted by molar-refractivity contribution is -0.154. The lowest BCUT2D eigenvalue weighted by Crippen LogP contribution is -2.22. The first kappa shape index (κ1) is 13.5. The Morgan fingerprint density at radius 3 is 3.06 bits per heavy atom. The van der Waals surface area contributed by atoms with Gasteiger partial charge in [-0.25, -0.2) is 0 Å². The van der Waals surface area contributed by atoms with Gasteiger partial charge in [0, 0.05) is 6.61 Å². The molecule has 3 nitrogen and oxygen atoms in total. The Balaban J connectivity index is 2.06. The average molecular weight is 226 g/mol. The van der Waals surface area contributed by atoms with E-state index in [-0.39, 0.29) is 6.29 Å². The summed E-state index contributed by atoms with van der Waals surface area (Å²) >= 11 is 0. The van der Waals surface area contributed by atoms with E-state index in [4.69, 9.17) is 9.47 Å². The summed E-state index contributed by atoms with van der Waals surface area (Å²) in [6.07, 6.45) is 5.52. The molecule has 1 fully saturated rings. The van der Waals surface area contributed by atoms with E-state index in [1.54, 1.807) is 0 Å². The third kappa shape index (κ3) is 6.12. The Hall–Kier alpha value is -0.560. The molecule has 1 unspecified atom stereocenters. The van der Waals surface area contributed by atoms with E-state index >= 15 is 0 Å². The molecule has 0 aromatic heterocycles. The molecule has 92 valence electrons. The highest BCUT2D eigenvalue weighted by Crippen LogP contribution is 2.13. The van der Waals surface area contributed by atoms with Gasteiger partial charge in [0.2, 0.25) is 0 Å². The van der Waals surface area contributed by atoms with E-state index in [1.807, 2.05) is 0 Å². The summed E-state index contributed by atoms with van der Waals surface area (Å²) in [7, 11) is 0. The highest BCUT2D eigenvalue weighted by molar-refractivity contribution is 5.04. The van der Waals surface area contributed by atoms with Crippen molar-refractivity contribution in [2.24, 2.45) is 0 Å². The molecule has 1 heterocycles. The zero-order valence-electron chi connectivity index (χ0n) is 10.1. The molecular weight excluding hydrogens is 204 g/mol. The maximum absolute atomic E-state index is 9.46. The van der Waals surface area contributed by atoms with Gasteiger partial charge in [-0.3, -0.25) is 0 Å². The number of unbranched alkanes of at least 4 members (excludes halogenated alkanes) is 1. The monoisotopic (exact) mass is 226 g/mol. The fourth-order valence-electron chi connectivity index (χ4n) is 1.61. The molecule has 2 atom stereocenters. The van der Waals surface area contributed by atoms with Crippen molar-refractivity contribution in [3.8, 4) is 11.8 Å². The number of hydrogen-bond acceptors (Lipinski definition) is 3.